The Morgan fingerprint density at radius 3 is 2.35 bits per heavy atom. The topological polar surface area (TPSA) is 26.0 Å². The average molecular weight is 266 g/mol. The Labute approximate surface area is 105 Å². The van der Waals surface area contributed by atoms with Crippen molar-refractivity contribution in [3.8, 4) is 0 Å². The van der Waals surface area contributed by atoms with Crippen LogP contribution in [-0.2, 0) is 6.18 Å². The lowest BCUT2D eigenvalue weighted by atomic mass is 9.77. The van der Waals surface area contributed by atoms with Crippen molar-refractivity contribution in [2.24, 2.45) is 11.7 Å². The molecule has 0 aliphatic heterocycles. The molecule has 1 fully saturated rings. The van der Waals surface area contributed by atoms with Crippen LogP contribution < -0.4 is 5.73 Å². The standard InChI is InChI=1S/C12H14F3N.ClH/c13-12(14,15)10-6-2-5-9(7-10)11(16)8-3-1-4-8;/h2,5-8,11H,1,3-4,16H2;1H. The van der Waals surface area contributed by atoms with Crippen molar-refractivity contribution < 1.29 is 13.2 Å². The Bertz CT molecular complexity index is 374. The maximum Gasteiger partial charge on any atom is 0.416 e. The van der Waals surface area contributed by atoms with E-state index in [1.807, 2.05) is 0 Å². The van der Waals surface area contributed by atoms with Gasteiger partial charge in [-0.05, 0) is 36.5 Å². The van der Waals surface area contributed by atoms with E-state index in [1.165, 1.54) is 12.1 Å². The molecule has 96 valence electrons. The maximum atomic E-state index is 12.5. The van der Waals surface area contributed by atoms with E-state index in [9.17, 15) is 13.2 Å². The third-order valence-electron chi connectivity index (χ3n) is 3.26. The molecule has 1 aromatic carbocycles. The number of benzene rings is 1. The fourth-order valence-corrected chi connectivity index (χ4v) is 1.99. The number of nitrogens with two attached hydrogens (primary N) is 1. The molecular weight excluding hydrogens is 251 g/mol. The summed E-state index contributed by atoms with van der Waals surface area (Å²) >= 11 is 0. The second-order valence-corrected chi connectivity index (χ2v) is 4.34. The van der Waals surface area contributed by atoms with Gasteiger partial charge in [0.2, 0.25) is 0 Å². The first-order chi connectivity index (χ1) is 7.48. The molecule has 1 nitrogen and oxygen atoms in total. The van der Waals surface area contributed by atoms with E-state index >= 15 is 0 Å². The Morgan fingerprint density at radius 1 is 1.24 bits per heavy atom. The Kier molecular flexibility index (Phi) is 4.44. The Hall–Kier alpha value is -0.740. The maximum absolute atomic E-state index is 12.5. The second-order valence-electron chi connectivity index (χ2n) is 4.34. The predicted molar refractivity (Wildman–Crippen MR) is 63.0 cm³/mol. The van der Waals surface area contributed by atoms with Crippen molar-refractivity contribution >= 4 is 12.4 Å². The lowest BCUT2D eigenvalue weighted by molar-refractivity contribution is -0.137. The minimum absolute atomic E-state index is 0. The van der Waals surface area contributed by atoms with Crippen molar-refractivity contribution in [2.75, 3.05) is 0 Å². The van der Waals surface area contributed by atoms with Crippen LogP contribution in [0.1, 0.15) is 36.4 Å². The molecule has 0 amide bonds. The molecule has 1 unspecified atom stereocenters. The molecular formula is C12H15ClF3N. The van der Waals surface area contributed by atoms with Crippen LogP contribution in [0.2, 0.25) is 0 Å². The van der Waals surface area contributed by atoms with Gasteiger partial charge in [0.15, 0.2) is 0 Å². The number of halogens is 4. The van der Waals surface area contributed by atoms with Crippen LogP contribution in [0.15, 0.2) is 24.3 Å². The number of rotatable bonds is 2. The van der Waals surface area contributed by atoms with Gasteiger partial charge in [0.05, 0.1) is 5.56 Å². The fourth-order valence-electron chi connectivity index (χ4n) is 1.99. The molecule has 5 heteroatoms. The normalized spacial score (nSPS) is 18.1. The van der Waals surface area contributed by atoms with E-state index in [0.29, 0.717) is 11.5 Å². The van der Waals surface area contributed by atoms with Gasteiger partial charge in [-0.2, -0.15) is 13.2 Å². The SMILES string of the molecule is Cl.NC(c1cccc(C(F)(F)F)c1)C1CCC1. The van der Waals surface area contributed by atoms with Gasteiger partial charge in [-0.25, -0.2) is 0 Å². The van der Waals surface area contributed by atoms with Crippen molar-refractivity contribution in [3.63, 3.8) is 0 Å². The smallest absolute Gasteiger partial charge is 0.324 e. The lowest BCUT2D eigenvalue weighted by Gasteiger charge is -2.31. The van der Waals surface area contributed by atoms with Gasteiger partial charge < -0.3 is 5.73 Å². The Balaban J connectivity index is 0.00000144. The zero-order valence-corrected chi connectivity index (χ0v) is 10.0. The van der Waals surface area contributed by atoms with E-state index in [4.69, 9.17) is 5.73 Å². The quantitative estimate of drug-likeness (QED) is 0.862. The molecule has 0 saturated heterocycles. The highest BCUT2D eigenvalue weighted by Crippen LogP contribution is 2.37. The van der Waals surface area contributed by atoms with Crippen molar-refractivity contribution in [3.05, 3.63) is 35.4 Å². The average Bonchev–Trinajstić information content (AvgIpc) is 2.14. The molecule has 0 bridgehead atoms. The van der Waals surface area contributed by atoms with Crippen molar-refractivity contribution in [1.82, 2.24) is 0 Å². The molecule has 1 aromatic rings. The first-order valence-corrected chi connectivity index (χ1v) is 5.41. The minimum atomic E-state index is -4.28. The van der Waals surface area contributed by atoms with Crippen molar-refractivity contribution in [2.45, 2.75) is 31.5 Å². The molecule has 0 heterocycles. The third-order valence-corrected chi connectivity index (χ3v) is 3.26. The first-order valence-electron chi connectivity index (χ1n) is 5.41. The minimum Gasteiger partial charge on any atom is -0.324 e. The zero-order chi connectivity index (χ0) is 11.8. The van der Waals surface area contributed by atoms with Crippen LogP contribution in [0.3, 0.4) is 0 Å². The summed E-state index contributed by atoms with van der Waals surface area (Å²) in [7, 11) is 0. The molecule has 17 heavy (non-hydrogen) atoms. The molecule has 1 saturated carbocycles. The zero-order valence-electron chi connectivity index (χ0n) is 9.20. The highest BCUT2D eigenvalue weighted by atomic mass is 35.5. The fraction of sp³-hybridized carbons (Fsp3) is 0.500. The summed E-state index contributed by atoms with van der Waals surface area (Å²) in [4.78, 5) is 0. The molecule has 1 aliphatic rings. The van der Waals surface area contributed by atoms with Crippen molar-refractivity contribution in [1.29, 1.82) is 0 Å². The third kappa shape index (κ3) is 3.13. The van der Waals surface area contributed by atoms with Gasteiger partial charge in [0.25, 0.3) is 0 Å². The van der Waals surface area contributed by atoms with Gasteiger partial charge in [0, 0.05) is 6.04 Å². The summed E-state index contributed by atoms with van der Waals surface area (Å²) in [5, 5.41) is 0. The lowest BCUT2D eigenvalue weighted by Crippen LogP contribution is -2.27. The Morgan fingerprint density at radius 2 is 1.88 bits per heavy atom. The monoisotopic (exact) mass is 265 g/mol. The number of alkyl halides is 3. The summed E-state index contributed by atoms with van der Waals surface area (Å²) < 4.78 is 37.5. The molecule has 2 rings (SSSR count). The summed E-state index contributed by atoms with van der Waals surface area (Å²) in [5.74, 6) is 0.350. The summed E-state index contributed by atoms with van der Waals surface area (Å²) in [6.07, 6.45) is -1.10. The van der Waals surface area contributed by atoms with E-state index in [1.54, 1.807) is 6.07 Å². The highest BCUT2D eigenvalue weighted by molar-refractivity contribution is 5.85. The van der Waals surface area contributed by atoms with Crippen LogP contribution in [-0.4, -0.2) is 0 Å². The molecule has 0 aromatic heterocycles. The van der Waals surface area contributed by atoms with E-state index in [-0.39, 0.29) is 18.4 Å². The van der Waals surface area contributed by atoms with Gasteiger partial charge in [-0.1, -0.05) is 18.6 Å². The molecule has 1 aliphatic carbocycles. The molecule has 2 N–H and O–H groups in total. The van der Waals surface area contributed by atoms with Gasteiger partial charge in [-0.15, -0.1) is 12.4 Å². The summed E-state index contributed by atoms with van der Waals surface area (Å²) in [6.45, 7) is 0. The summed E-state index contributed by atoms with van der Waals surface area (Å²) in [5.41, 5.74) is 5.93. The van der Waals surface area contributed by atoms with Crippen LogP contribution in [0, 0.1) is 5.92 Å². The van der Waals surface area contributed by atoms with Crippen LogP contribution >= 0.6 is 12.4 Å². The predicted octanol–water partition coefficient (Wildman–Crippen LogP) is 3.93. The van der Waals surface area contributed by atoms with E-state index in [0.717, 1.165) is 25.3 Å². The van der Waals surface area contributed by atoms with Gasteiger partial charge in [0.1, 0.15) is 0 Å². The van der Waals surface area contributed by atoms with Crippen LogP contribution in [0.5, 0.6) is 0 Å². The highest BCUT2D eigenvalue weighted by Gasteiger charge is 2.32. The van der Waals surface area contributed by atoms with Crippen LogP contribution in [0.25, 0.3) is 0 Å². The van der Waals surface area contributed by atoms with Gasteiger partial charge >= 0.3 is 6.18 Å². The molecule has 0 spiro atoms. The summed E-state index contributed by atoms with van der Waals surface area (Å²) in [6, 6.07) is 5.10. The van der Waals surface area contributed by atoms with Gasteiger partial charge in [-0.3, -0.25) is 0 Å². The molecule has 1 atom stereocenters. The second kappa shape index (κ2) is 5.27. The number of hydrogen-bond acceptors (Lipinski definition) is 1. The molecule has 0 radical (unpaired) electrons. The number of hydrogen-bond donors (Lipinski definition) is 1. The first kappa shape index (κ1) is 14.3. The van der Waals surface area contributed by atoms with Crippen LogP contribution in [0.4, 0.5) is 13.2 Å². The largest absolute Gasteiger partial charge is 0.416 e. The van der Waals surface area contributed by atoms with E-state index in [2.05, 4.69) is 0 Å². The van der Waals surface area contributed by atoms with E-state index < -0.39 is 11.7 Å².